The number of amides is 1. The number of carbonyl (C=O) groups is 1. The number of thioether (sulfide) groups is 1. The molecule has 0 N–H and O–H groups in total. The van der Waals surface area contributed by atoms with Crippen LogP contribution < -0.4 is 10.5 Å². The molecule has 0 radical (unpaired) electrons. The lowest BCUT2D eigenvalue weighted by Gasteiger charge is -2.27. The Morgan fingerprint density at radius 3 is 2.60 bits per heavy atom. The van der Waals surface area contributed by atoms with E-state index < -0.39 is 0 Å². The molecule has 1 aromatic carbocycles. The second-order valence-corrected chi connectivity index (χ2v) is 10.8. The third-order valence-electron chi connectivity index (χ3n) is 6.42. The molecule has 0 atom stereocenters. The zero-order chi connectivity index (χ0) is 25.1. The maximum atomic E-state index is 13.4. The molecule has 4 rings (SSSR count). The lowest BCUT2D eigenvalue weighted by atomic mass is 10.0. The number of anilines is 1. The molecule has 6 nitrogen and oxygen atoms in total. The monoisotopic (exact) mass is 526 g/mol. The van der Waals surface area contributed by atoms with Crippen molar-refractivity contribution in [2.45, 2.75) is 52.6 Å². The van der Waals surface area contributed by atoms with E-state index in [1.54, 1.807) is 22.5 Å². The number of nitriles is 1. The third-order valence-corrected chi connectivity index (χ3v) is 8.17. The third kappa shape index (κ3) is 5.04. The summed E-state index contributed by atoms with van der Waals surface area (Å²) in [6.07, 6.45) is 5.66. The van der Waals surface area contributed by atoms with Crippen LogP contribution in [0.15, 0.2) is 34.0 Å². The fourth-order valence-electron chi connectivity index (χ4n) is 4.50. The minimum absolute atomic E-state index is 0.127. The molecule has 1 amide bonds. The summed E-state index contributed by atoms with van der Waals surface area (Å²) in [4.78, 5) is 30.9. The van der Waals surface area contributed by atoms with Gasteiger partial charge in [0.05, 0.1) is 11.4 Å². The molecule has 9 heteroatoms. The first-order chi connectivity index (χ1) is 16.9. The topological polar surface area (TPSA) is 69.3 Å². The van der Waals surface area contributed by atoms with E-state index in [1.807, 2.05) is 24.3 Å². The molecule has 0 saturated carbocycles. The Bertz CT molecular complexity index is 1310. The standard InChI is InChI=1S/C26H27ClN4O2S2/c1-3-4-13-30-23(29-11-7-8-12-29)19(17(2)20(15-28)24(30)32)14-22-25(33)31(26(34)35-22)16-18-9-5-6-10-21(18)27/h5-6,9-10,14H,3-4,7-8,11-13,16H2,1-2H3. The maximum absolute atomic E-state index is 13.4. The summed E-state index contributed by atoms with van der Waals surface area (Å²) in [7, 11) is 0. The van der Waals surface area contributed by atoms with Gasteiger partial charge in [-0.1, -0.05) is 67.1 Å². The van der Waals surface area contributed by atoms with Crippen molar-refractivity contribution in [3.63, 3.8) is 0 Å². The number of hydrogen-bond acceptors (Lipinski definition) is 6. The summed E-state index contributed by atoms with van der Waals surface area (Å²) in [6.45, 7) is 6.37. The molecule has 2 saturated heterocycles. The highest BCUT2D eigenvalue weighted by Gasteiger charge is 2.34. The Morgan fingerprint density at radius 1 is 1.23 bits per heavy atom. The summed E-state index contributed by atoms with van der Waals surface area (Å²) in [5.41, 5.74) is 2.03. The molecular formula is C26H27ClN4O2S2. The van der Waals surface area contributed by atoms with Crippen LogP contribution in [0.5, 0.6) is 0 Å². The molecule has 2 aliphatic rings. The minimum Gasteiger partial charge on any atom is -0.357 e. The van der Waals surface area contributed by atoms with Crippen molar-refractivity contribution in [1.29, 1.82) is 5.26 Å². The van der Waals surface area contributed by atoms with Gasteiger partial charge in [0.1, 0.15) is 21.8 Å². The van der Waals surface area contributed by atoms with Crippen molar-refractivity contribution in [3.05, 3.63) is 66.8 Å². The molecule has 0 bridgehead atoms. The van der Waals surface area contributed by atoms with Crippen molar-refractivity contribution in [1.82, 2.24) is 9.47 Å². The Labute approximate surface area is 220 Å². The quantitative estimate of drug-likeness (QED) is 0.351. The van der Waals surface area contributed by atoms with Gasteiger partial charge in [0.15, 0.2) is 0 Å². The van der Waals surface area contributed by atoms with Crippen LogP contribution in [-0.4, -0.2) is 32.8 Å². The number of pyridine rings is 1. The zero-order valence-electron chi connectivity index (χ0n) is 19.8. The first-order valence-electron chi connectivity index (χ1n) is 11.8. The van der Waals surface area contributed by atoms with Gasteiger partial charge in [-0.2, -0.15) is 5.26 Å². The lowest BCUT2D eigenvalue weighted by molar-refractivity contribution is -0.122. The second-order valence-electron chi connectivity index (χ2n) is 8.71. The van der Waals surface area contributed by atoms with E-state index in [2.05, 4.69) is 17.9 Å². The molecule has 2 aliphatic heterocycles. The highest BCUT2D eigenvalue weighted by Crippen LogP contribution is 2.37. The van der Waals surface area contributed by atoms with E-state index in [9.17, 15) is 14.9 Å². The minimum atomic E-state index is -0.260. The molecular weight excluding hydrogens is 500 g/mol. The van der Waals surface area contributed by atoms with Gasteiger partial charge in [0.25, 0.3) is 11.5 Å². The lowest BCUT2D eigenvalue weighted by Crippen LogP contribution is -2.33. The summed E-state index contributed by atoms with van der Waals surface area (Å²) in [5, 5.41) is 10.4. The van der Waals surface area contributed by atoms with Crippen molar-refractivity contribution in [2.75, 3.05) is 18.0 Å². The molecule has 182 valence electrons. The van der Waals surface area contributed by atoms with E-state index in [1.165, 1.54) is 11.8 Å². The van der Waals surface area contributed by atoms with Crippen LogP contribution in [0.3, 0.4) is 0 Å². The zero-order valence-corrected chi connectivity index (χ0v) is 22.2. The number of halogens is 1. The largest absolute Gasteiger partial charge is 0.357 e. The Kier molecular flexibility index (Phi) is 8.00. The second kappa shape index (κ2) is 11.0. The number of unbranched alkanes of at least 4 members (excludes halogenated alkanes) is 1. The maximum Gasteiger partial charge on any atom is 0.270 e. The van der Waals surface area contributed by atoms with Gasteiger partial charge in [-0.05, 0) is 49.5 Å². The fourth-order valence-corrected chi connectivity index (χ4v) is 5.93. The highest BCUT2D eigenvalue weighted by molar-refractivity contribution is 8.26. The number of nitrogens with zero attached hydrogens (tertiary/aromatic N) is 4. The van der Waals surface area contributed by atoms with E-state index in [4.69, 9.17) is 23.8 Å². The predicted octanol–water partition coefficient (Wildman–Crippen LogP) is 5.48. The fraction of sp³-hybridized carbons (Fsp3) is 0.385. The normalized spacial score (nSPS) is 17.0. The highest BCUT2D eigenvalue weighted by atomic mass is 35.5. The number of thiocarbonyl (C=S) groups is 1. The summed E-state index contributed by atoms with van der Waals surface area (Å²) >= 11 is 13.1. The van der Waals surface area contributed by atoms with Crippen molar-refractivity contribution in [3.8, 4) is 6.07 Å². The first kappa shape index (κ1) is 25.5. The Morgan fingerprint density at radius 2 is 1.94 bits per heavy atom. The number of carbonyl (C=O) groups excluding carboxylic acids is 1. The summed E-state index contributed by atoms with van der Waals surface area (Å²) in [6, 6.07) is 9.50. The van der Waals surface area contributed by atoms with E-state index in [-0.39, 0.29) is 17.0 Å². The van der Waals surface area contributed by atoms with Crippen LogP contribution in [0.1, 0.15) is 54.9 Å². The van der Waals surface area contributed by atoms with Gasteiger partial charge in [-0.3, -0.25) is 19.1 Å². The van der Waals surface area contributed by atoms with Crippen LogP contribution >= 0.6 is 35.6 Å². The smallest absolute Gasteiger partial charge is 0.270 e. The first-order valence-corrected chi connectivity index (χ1v) is 13.4. The van der Waals surface area contributed by atoms with E-state index >= 15 is 0 Å². The van der Waals surface area contributed by atoms with Crippen LogP contribution in [0, 0.1) is 18.3 Å². The van der Waals surface area contributed by atoms with Crippen molar-refractivity contribution in [2.24, 2.45) is 0 Å². The van der Waals surface area contributed by atoms with E-state index in [0.717, 1.165) is 55.7 Å². The van der Waals surface area contributed by atoms with Crippen LogP contribution in [0.4, 0.5) is 5.82 Å². The van der Waals surface area contributed by atoms with Gasteiger partial charge >= 0.3 is 0 Å². The molecule has 0 aliphatic carbocycles. The molecule has 35 heavy (non-hydrogen) atoms. The number of aromatic nitrogens is 1. The molecule has 0 unspecified atom stereocenters. The van der Waals surface area contributed by atoms with Gasteiger partial charge < -0.3 is 4.90 Å². The van der Waals surface area contributed by atoms with Crippen molar-refractivity contribution >= 4 is 57.7 Å². The molecule has 2 fully saturated rings. The predicted molar refractivity (Wildman–Crippen MR) is 147 cm³/mol. The molecule has 2 aromatic rings. The van der Waals surface area contributed by atoms with Crippen LogP contribution in [-0.2, 0) is 17.9 Å². The van der Waals surface area contributed by atoms with Gasteiger partial charge in [0.2, 0.25) is 0 Å². The number of hydrogen-bond donors (Lipinski definition) is 0. The number of benzene rings is 1. The summed E-state index contributed by atoms with van der Waals surface area (Å²) < 4.78 is 2.19. The average molecular weight is 527 g/mol. The Hall–Kier alpha value is -2.60. The molecule has 3 heterocycles. The average Bonchev–Trinajstić information content (AvgIpc) is 3.46. The Balaban J connectivity index is 1.81. The SMILES string of the molecule is CCCCn1c(N2CCCC2)c(C=C2SC(=S)N(Cc3ccccc3Cl)C2=O)c(C)c(C#N)c1=O. The van der Waals surface area contributed by atoms with Crippen molar-refractivity contribution < 1.29 is 4.79 Å². The van der Waals surface area contributed by atoms with Gasteiger partial charge in [-0.15, -0.1) is 0 Å². The van der Waals surface area contributed by atoms with Crippen LogP contribution in [0.2, 0.25) is 5.02 Å². The number of rotatable bonds is 7. The van der Waals surface area contributed by atoms with Crippen LogP contribution in [0.25, 0.3) is 6.08 Å². The van der Waals surface area contributed by atoms with E-state index in [0.29, 0.717) is 32.9 Å². The molecule has 1 aromatic heterocycles. The summed E-state index contributed by atoms with van der Waals surface area (Å²) in [5.74, 6) is 0.602. The van der Waals surface area contributed by atoms with Gasteiger partial charge in [0, 0.05) is 30.2 Å². The van der Waals surface area contributed by atoms with Gasteiger partial charge in [-0.25, -0.2) is 0 Å². The molecule has 0 spiro atoms.